The van der Waals surface area contributed by atoms with Gasteiger partial charge in [-0.1, -0.05) is 94.3 Å². The van der Waals surface area contributed by atoms with Crippen molar-refractivity contribution in [2.45, 2.75) is 78.6 Å². The number of benzene rings is 1. The standard InChI is InChI=1S/C19H30ClP/c1-17(2,3)13-10-14(18(4,5)6)16(21-12-20)15(11-13)19(7,8)9/h10-12H,1-9H3. The van der Waals surface area contributed by atoms with Gasteiger partial charge in [-0.05, 0) is 32.9 Å². The molecule has 1 aromatic rings. The second kappa shape index (κ2) is 6.05. The number of hydrogen-bond acceptors (Lipinski definition) is 0. The average molecular weight is 325 g/mol. The molecule has 0 aromatic heterocycles. The minimum Gasteiger partial charge on any atom is -0.0876 e. The molecule has 0 fully saturated rings. The second-order valence-electron chi connectivity index (χ2n) is 8.90. The highest BCUT2D eigenvalue weighted by Gasteiger charge is 2.28. The first-order valence-corrected chi connectivity index (χ1v) is 9.00. The van der Waals surface area contributed by atoms with Gasteiger partial charge in [-0.3, -0.25) is 0 Å². The minimum atomic E-state index is 0.115. The predicted octanol–water partition coefficient (Wildman–Crippen LogP) is 6.15. The van der Waals surface area contributed by atoms with Crippen molar-refractivity contribution >= 4 is 30.4 Å². The fourth-order valence-corrected chi connectivity index (χ4v) is 3.87. The van der Waals surface area contributed by atoms with Crippen LogP contribution in [0.4, 0.5) is 0 Å². The molecular weight excluding hydrogens is 295 g/mol. The van der Waals surface area contributed by atoms with Crippen molar-refractivity contribution in [2.75, 3.05) is 0 Å². The zero-order valence-corrected chi connectivity index (χ0v) is 16.7. The zero-order valence-electron chi connectivity index (χ0n) is 15.1. The molecule has 0 radical (unpaired) electrons. The summed E-state index contributed by atoms with van der Waals surface area (Å²) in [4.78, 5) is 0. The Hall–Kier alpha value is -0.320. The summed E-state index contributed by atoms with van der Waals surface area (Å²) in [6.07, 6.45) is 0. The minimum absolute atomic E-state index is 0.115. The summed E-state index contributed by atoms with van der Waals surface area (Å²) in [5.74, 6) is 0. The Kier molecular flexibility index (Phi) is 5.40. The van der Waals surface area contributed by atoms with Gasteiger partial charge in [-0.25, -0.2) is 0 Å². The predicted molar refractivity (Wildman–Crippen MR) is 101 cm³/mol. The normalized spacial score (nSPS) is 14.0. The Labute approximate surface area is 138 Å². The van der Waals surface area contributed by atoms with Crippen molar-refractivity contribution in [2.24, 2.45) is 0 Å². The van der Waals surface area contributed by atoms with Crippen molar-refractivity contribution in [1.29, 1.82) is 0 Å². The lowest BCUT2D eigenvalue weighted by Crippen LogP contribution is -2.29. The molecule has 0 saturated carbocycles. The van der Waals surface area contributed by atoms with Gasteiger partial charge < -0.3 is 0 Å². The van der Waals surface area contributed by atoms with Gasteiger partial charge in [0.05, 0.1) is 0 Å². The first-order valence-electron chi connectivity index (χ1n) is 7.60. The fourth-order valence-electron chi connectivity index (χ4n) is 2.40. The van der Waals surface area contributed by atoms with Gasteiger partial charge in [0, 0.05) is 10.6 Å². The molecule has 0 atom stereocenters. The third-order valence-corrected chi connectivity index (χ3v) is 4.90. The lowest BCUT2D eigenvalue weighted by Gasteiger charge is -2.32. The molecule has 0 spiro atoms. The molecule has 1 aromatic carbocycles. The van der Waals surface area contributed by atoms with E-state index in [1.807, 2.05) is 0 Å². The highest BCUT2D eigenvalue weighted by atomic mass is 35.5. The van der Waals surface area contributed by atoms with Crippen LogP contribution in [-0.4, -0.2) is 5.26 Å². The van der Waals surface area contributed by atoms with Crippen LogP contribution in [0, 0.1) is 0 Å². The van der Waals surface area contributed by atoms with Crippen LogP contribution in [0.15, 0.2) is 12.1 Å². The SMILES string of the molecule is CC(C)(C)c1cc(C(C)(C)C)c(P=CCl)c(C(C)(C)C)c1. The number of rotatable bonds is 1. The van der Waals surface area contributed by atoms with E-state index >= 15 is 0 Å². The topological polar surface area (TPSA) is 0 Å². The summed E-state index contributed by atoms with van der Waals surface area (Å²) in [7, 11) is 1.10. The Morgan fingerprint density at radius 1 is 0.762 bits per heavy atom. The first-order chi connectivity index (χ1) is 9.28. The second-order valence-corrected chi connectivity index (χ2v) is 10.4. The fraction of sp³-hybridized carbons (Fsp3) is 0.632. The molecule has 0 heterocycles. The Morgan fingerprint density at radius 2 is 1.14 bits per heavy atom. The van der Waals surface area contributed by atoms with E-state index in [2.05, 4.69) is 74.4 Å². The molecule has 1 rings (SSSR count). The van der Waals surface area contributed by atoms with Crippen molar-refractivity contribution < 1.29 is 0 Å². The van der Waals surface area contributed by atoms with Gasteiger partial charge in [0.25, 0.3) is 0 Å². The summed E-state index contributed by atoms with van der Waals surface area (Å²) >= 11 is 5.97. The Bertz CT molecular complexity index is 499. The van der Waals surface area contributed by atoms with Gasteiger partial charge in [-0.2, -0.15) is 0 Å². The van der Waals surface area contributed by atoms with Crippen LogP contribution in [-0.2, 0) is 16.2 Å². The molecule has 21 heavy (non-hydrogen) atoms. The molecule has 0 aliphatic carbocycles. The zero-order chi connectivity index (χ0) is 16.6. The monoisotopic (exact) mass is 324 g/mol. The van der Waals surface area contributed by atoms with E-state index < -0.39 is 0 Å². The van der Waals surface area contributed by atoms with E-state index in [9.17, 15) is 0 Å². The molecule has 118 valence electrons. The van der Waals surface area contributed by atoms with E-state index in [-0.39, 0.29) is 16.2 Å². The van der Waals surface area contributed by atoms with Crippen molar-refractivity contribution in [3.63, 3.8) is 0 Å². The molecule has 0 unspecified atom stereocenters. The van der Waals surface area contributed by atoms with E-state index in [0.717, 1.165) is 8.20 Å². The molecule has 0 N–H and O–H groups in total. The van der Waals surface area contributed by atoms with Gasteiger partial charge in [0.15, 0.2) is 0 Å². The highest BCUT2D eigenvalue weighted by molar-refractivity contribution is 7.51. The number of hydrogen-bond donors (Lipinski definition) is 0. The van der Waals surface area contributed by atoms with E-state index in [1.165, 1.54) is 22.0 Å². The molecular formula is C19H30ClP. The van der Waals surface area contributed by atoms with Gasteiger partial charge >= 0.3 is 0 Å². The summed E-state index contributed by atoms with van der Waals surface area (Å²) in [6.45, 7) is 20.6. The maximum Gasteiger partial charge on any atom is 0.0322 e. The van der Waals surface area contributed by atoms with Crippen molar-refractivity contribution in [1.82, 2.24) is 0 Å². The molecule has 0 saturated heterocycles. The summed E-state index contributed by atoms with van der Waals surface area (Å²) in [6, 6.07) is 4.77. The summed E-state index contributed by atoms with van der Waals surface area (Å²) < 4.78 is 0. The van der Waals surface area contributed by atoms with E-state index in [1.54, 1.807) is 5.26 Å². The molecule has 2 heteroatoms. The number of halogens is 1. The third kappa shape index (κ3) is 4.57. The summed E-state index contributed by atoms with van der Waals surface area (Å²) in [5, 5.41) is 3.11. The highest BCUT2D eigenvalue weighted by Crippen LogP contribution is 2.35. The van der Waals surface area contributed by atoms with Crippen LogP contribution in [0.2, 0.25) is 0 Å². The maximum absolute atomic E-state index is 5.97. The average Bonchev–Trinajstić information content (AvgIpc) is 2.24. The van der Waals surface area contributed by atoms with Crippen molar-refractivity contribution in [3.8, 4) is 0 Å². The van der Waals surface area contributed by atoms with Crippen LogP contribution in [0.25, 0.3) is 0 Å². The molecule has 0 aliphatic heterocycles. The van der Waals surface area contributed by atoms with Crippen LogP contribution in [0.1, 0.15) is 79.0 Å². The quantitative estimate of drug-likeness (QED) is 0.543. The van der Waals surface area contributed by atoms with Crippen LogP contribution in [0.3, 0.4) is 0 Å². The molecule has 0 nitrogen and oxygen atoms in total. The van der Waals surface area contributed by atoms with Gasteiger partial charge in [0.2, 0.25) is 0 Å². The van der Waals surface area contributed by atoms with Gasteiger partial charge in [-0.15, -0.1) is 0 Å². The van der Waals surface area contributed by atoms with Crippen molar-refractivity contribution in [3.05, 3.63) is 28.8 Å². The first kappa shape index (κ1) is 18.7. The molecule has 0 amide bonds. The third-order valence-electron chi connectivity index (χ3n) is 3.77. The van der Waals surface area contributed by atoms with Gasteiger partial charge in [0.1, 0.15) is 0 Å². The Morgan fingerprint density at radius 3 is 1.38 bits per heavy atom. The van der Waals surface area contributed by atoms with E-state index in [4.69, 9.17) is 11.6 Å². The largest absolute Gasteiger partial charge is 0.0876 e. The van der Waals surface area contributed by atoms with E-state index in [0.29, 0.717) is 0 Å². The van der Waals surface area contributed by atoms with Crippen LogP contribution >= 0.6 is 19.8 Å². The smallest absolute Gasteiger partial charge is 0.0322 e. The van der Waals surface area contributed by atoms with Crippen LogP contribution < -0.4 is 5.30 Å². The lowest BCUT2D eigenvalue weighted by atomic mass is 9.75. The summed E-state index contributed by atoms with van der Waals surface area (Å²) in [5.41, 5.74) is 4.62. The Balaban J connectivity index is 3.84. The maximum atomic E-state index is 5.97. The van der Waals surface area contributed by atoms with Crippen LogP contribution in [0.5, 0.6) is 0 Å². The lowest BCUT2D eigenvalue weighted by molar-refractivity contribution is 0.554. The molecule has 0 aliphatic rings. The molecule has 0 bridgehead atoms.